The minimum absolute atomic E-state index is 0.237. The van der Waals surface area contributed by atoms with Crippen LogP contribution in [0.2, 0.25) is 0 Å². The predicted octanol–water partition coefficient (Wildman–Crippen LogP) is 5.60. The van der Waals surface area contributed by atoms with Gasteiger partial charge in [-0.3, -0.25) is 4.98 Å². The zero-order chi connectivity index (χ0) is 25.2. The monoisotopic (exact) mass is 505 g/mol. The molecule has 4 aromatic rings. The molecule has 35 heavy (non-hydrogen) atoms. The lowest BCUT2D eigenvalue weighted by molar-refractivity contribution is -0.141. The number of alkyl halides is 3. The van der Waals surface area contributed by atoms with E-state index in [2.05, 4.69) is 20.3 Å². The quantitative estimate of drug-likeness (QED) is 0.240. The molecule has 3 N–H and O–H groups in total. The van der Waals surface area contributed by atoms with Gasteiger partial charge in [-0.05, 0) is 34.6 Å². The van der Waals surface area contributed by atoms with Gasteiger partial charge in [-0.2, -0.15) is 17.6 Å². The van der Waals surface area contributed by atoms with Gasteiger partial charge in [-0.1, -0.05) is 36.5 Å². The fourth-order valence-electron chi connectivity index (χ4n) is 3.61. The SMILES string of the molecule is COCc1nc(NC[C@@H](N)[C@@H](C)c2ccc(C(F)(F)F)nc2)sc1-c1ccc2cnc(F)cc2c1. The van der Waals surface area contributed by atoms with Crippen LogP contribution in [-0.2, 0) is 17.5 Å². The minimum Gasteiger partial charge on any atom is -0.378 e. The number of pyridine rings is 2. The van der Waals surface area contributed by atoms with Crippen LogP contribution >= 0.6 is 11.3 Å². The second-order valence-electron chi connectivity index (χ2n) is 8.10. The van der Waals surface area contributed by atoms with Gasteiger partial charge in [-0.25, -0.2) is 9.97 Å². The van der Waals surface area contributed by atoms with Gasteiger partial charge < -0.3 is 15.8 Å². The maximum absolute atomic E-state index is 13.6. The van der Waals surface area contributed by atoms with E-state index in [1.807, 2.05) is 25.1 Å². The number of ether oxygens (including phenoxy) is 1. The molecule has 0 unspecified atom stereocenters. The molecule has 3 heterocycles. The van der Waals surface area contributed by atoms with Crippen LogP contribution in [0.15, 0.2) is 48.8 Å². The van der Waals surface area contributed by atoms with Gasteiger partial charge in [0, 0.05) is 43.5 Å². The Morgan fingerprint density at radius 2 is 1.89 bits per heavy atom. The third-order valence-corrected chi connectivity index (χ3v) is 6.77. The Labute approximate surface area is 203 Å². The molecule has 0 bridgehead atoms. The van der Waals surface area contributed by atoms with Crippen molar-refractivity contribution in [1.82, 2.24) is 15.0 Å². The molecule has 6 nitrogen and oxygen atoms in total. The minimum atomic E-state index is -4.48. The first kappa shape index (κ1) is 25.0. The Morgan fingerprint density at radius 1 is 1.09 bits per heavy atom. The number of benzene rings is 1. The van der Waals surface area contributed by atoms with Crippen LogP contribution in [0.3, 0.4) is 0 Å². The van der Waals surface area contributed by atoms with Gasteiger partial charge in [-0.15, -0.1) is 0 Å². The number of rotatable bonds is 8. The van der Waals surface area contributed by atoms with Gasteiger partial charge >= 0.3 is 6.18 Å². The first-order chi connectivity index (χ1) is 16.7. The molecule has 1 aromatic carbocycles. The van der Waals surface area contributed by atoms with Crippen LogP contribution in [-0.4, -0.2) is 34.6 Å². The maximum atomic E-state index is 13.6. The molecular formula is C24H23F4N5OS. The summed E-state index contributed by atoms with van der Waals surface area (Å²) in [5.74, 6) is -0.788. The summed E-state index contributed by atoms with van der Waals surface area (Å²) < 4.78 is 57.2. The highest BCUT2D eigenvalue weighted by atomic mass is 32.1. The topological polar surface area (TPSA) is 86.0 Å². The molecule has 0 saturated heterocycles. The number of thiazole rings is 1. The lowest BCUT2D eigenvalue weighted by Gasteiger charge is -2.20. The summed E-state index contributed by atoms with van der Waals surface area (Å²) in [6.07, 6.45) is -1.79. The van der Waals surface area contributed by atoms with Crippen LogP contribution in [0.4, 0.5) is 22.7 Å². The normalized spacial score (nSPS) is 13.7. The molecule has 0 aliphatic rings. The van der Waals surface area contributed by atoms with Gasteiger partial charge in [0.05, 0.1) is 17.2 Å². The number of anilines is 1. The molecule has 3 aromatic heterocycles. The predicted molar refractivity (Wildman–Crippen MR) is 128 cm³/mol. The van der Waals surface area contributed by atoms with Gasteiger partial charge in [0.25, 0.3) is 0 Å². The Bertz CT molecular complexity index is 1310. The maximum Gasteiger partial charge on any atom is 0.433 e. The smallest absolute Gasteiger partial charge is 0.378 e. The number of fused-ring (bicyclic) bond motifs is 1. The van der Waals surface area contributed by atoms with Gasteiger partial charge in [0.1, 0.15) is 5.69 Å². The van der Waals surface area contributed by atoms with Crippen molar-refractivity contribution in [1.29, 1.82) is 0 Å². The van der Waals surface area contributed by atoms with Crippen molar-refractivity contribution in [3.05, 3.63) is 71.7 Å². The Kier molecular flexibility index (Phi) is 7.29. The largest absolute Gasteiger partial charge is 0.433 e. The first-order valence-corrected chi connectivity index (χ1v) is 11.5. The average molecular weight is 506 g/mol. The molecule has 0 fully saturated rings. The van der Waals surface area contributed by atoms with E-state index in [0.29, 0.717) is 17.2 Å². The summed E-state index contributed by atoms with van der Waals surface area (Å²) in [5.41, 5.74) is 7.58. The second kappa shape index (κ2) is 10.2. The van der Waals surface area contributed by atoms with E-state index < -0.39 is 23.9 Å². The third kappa shape index (κ3) is 5.75. The Hall–Kier alpha value is -3.15. The molecule has 0 saturated carbocycles. The van der Waals surface area contributed by atoms with Crippen LogP contribution in [0.5, 0.6) is 0 Å². The van der Waals surface area contributed by atoms with E-state index in [1.165, 1.54) is 35.9 Å². The van der Waals surface area contributed by atoms with Crippen molar-refractivity contribution in [3.63, 3.8) is 0 Å². The van der Waals surface area contributed by atoms with E-state index in [0.717, 1.165) is 33.0 Å². The molecule has 2 atom stereocenters. The van der Waals surface area contributed by atoms with Crippen molar-refractivity contribution in [2.45, 2.75) is 31.7 Å². The molecule has 0 radical (unpaired) electrons. The van der Waals surface area contributed by atoms with E-state index in [1.54, 1.807) is 7.11 Å². The summed E-state index contributed by atoms with van der Waals surface area (Å²) in [6.45, 7) is 2.47. The number of hydrogen-bond donors (Lipinski definition) is 2. The molecule has 184 valence electrons. The van der Waals surface area contributed by atoms with Crippen molar-refractivity contribution < 1.29 is 22.3 Å². The van der Waals surface area contributed by atoms with Crippen LogP contribution in [0.1, 0.15) is 29.8 Å². The second-order valence-corrected chi connectivity index (χ2v) is 9.10. The molecule has 0 aliphatic heterocycles. The summed E-state index contributed by atoms with van der Waals surface area (Å²) in [5, 5.41) is 5.40. The number of hydrogen-bond acceptors (Lipinski definition) is 7. The van der Waals surface area contributed by atoms with Gasteiger partial charge in [0.2, 0.25) is 5.95 Å². The molecule has 0 aliphatic carbocycles. The van der Waals surface area contributed by atoms with Crippen molar-refractivity contribution >= 4 is 27.2 Å². The number of nitrogens with two attached hydrogens (primary N) is 1. The van der Waals surface area contributed by atoms with E-state index in [9.17, 15) is 17.6 Å². The van der Waals surface area contributed by atoms with Crippen LogP contribution < -0.4 is 11.1 Å². The number of nitrogens with one attached hydrogen (secondary N) is 1. The Morgan fingerprint density at radius 3 is 2.57 bits per heavy atom. The van der Waals surface area contributed by atoms with E-state index in [-0.39, 0.29) is 12.5 Å². The third-order valence-electron chi connectivity index (χ3n) is 5.66. The Balaban J connectivity index is 1.49. The fourth-order valence-corrected chi connectivity index (χ4v) is 4.59. The van der Waals surface area contributed by atoms with E-state index >= 15 is 0 Å². The molecule has 11 heteroatoms. The summed E-state index contributed by atoms with van der Waals surface area (Å²) in [7, 11) is 1.58. The van der Waals surface area contributed by atoms with Crippen molar-refractivity contribution in [3.8, 4) is 10.4 Å². The molecular weight excluding hydrogens is 482 g/mol. The summed E-state index contributed by atoms with van der Waals surface area (Å²) in [6, 6.07) is 9.01. The van der Waals surface area contributed by atoms with Crippen LogP contribution in [0.25, 0.3) is 21.2 Å². The lowest BCUT2D eigenvalue weighted by Crippen LogP contribution is -2.34. The highest BCUT2D eigenvalue weighted by Crippen LogP contribution is 2.35. The molecule has 0 amide bonds. The number of aromatic nitrogens is 3. The number of methoxy groups -OCH3 is 1. The highest BCUT2D eigenvalue weighted by Gasteiger charge is 2.32. The highest BCUT2D eigenvalue weighted by molar-refractivity contribution is 7.19. The fraction of sp³-hybridized carbons (Fsp3) is 0.292. The number of nitrogens with zero attached hydrogens (tertiary/aromatic N) is 3. The first-order valence-electron chi connectivity index (χ1n) is 10.7. The van der Waals surface area contributed by atoms with Gasteiger partial charge in [0.15, 0.2) is 5.13 Å². The molecule has 0 spiro atoms. The van der Waals surface area contributed by atoms with Crippen molar-refractivity contribution in [2.75, 3.05) is 19.0 Å². The lowest BCUT2D eigenvalue weighted by atomic mass is 9.95. The van der Waals surface area contributed by atoms with Crippen LogP contribution in [0, 0.1) is 5.95 Å². The zero-order valence-electron chi connectivity index (χ0n) is 18.9. The summed E-state index contributed by atoms with van der Waals surface area (Å²) in [4.78, 5) is 12.7. The average Bonchev–Trinajstić information content (AvgIpc) is 3.24. The zero-order valence-corrected chi connectivity index (χ0v) is 19.8. The van der Waals surface area contributed by atoms with E-state index in [4.69, 9.17) is 10.5 Å². The number of halogens is 4. The van der Waals surface area contributed by atoms with Crippen molar-refractivity contribution in [2.24, 2.45) is 5.73 Å². The molecule has 4 rings (SSSR count). The standard InChI is InChI=1S/C24H23F4N5OS/c1-13(15-5-6-20(30-9-15)24(26,27)28)18(29)11-32-23-33-19(12-34-2)22(35-23)14-3-4-16-10-31-21(25)8-17(16)7-14/h3-10,13,18H,11-12,29H2,1-2H3,(H,32,33)/t13-,18+/m0/s1. The summed E-state index contributed by atoms with van der Waals surface area (Å²) >= 11 is 1.42.